The van der Waals surface area contributed by atoms with Crippen LogP contribution in [0.15, 0.2) is 53.7 Å². The van der Waals surface area contributed by atoms with E-state index in [0.717, 1.165) is 0 Å². The summed E-state index contributed by atoms with van der Waals surface area (Å²) in [5.41, 5.74) is 1.79. The Morgan fingerprint density at radius 3 is 2.58 bits per heavy atom. The van der Waals surface area contributed by atoms with Crippen LogP contribution in [0, 0.1) is 11.7 Å². The molecule has 176 valence electrons. The summed E-state index contributed by atoms with van der Waals surface area (Å²) in [6.07, 6.45) is 0. The molecule has 1 aliphatic rings. The second kappa shape index (κ2) is 10.8. The minimum absolute atomic E-state index is 0.0297. The number of esters is 1. The fourth-order valence-electron chi connectivity index (χ4n) is 3.40. The van der Waals surface area contributed by atoms with Crippen molar-refractivity contribution in [3.05, 3.63) is 70.7 Å². The van der Waals surface area contributed by atoms with Gasteiger partial charge in [-0.2, -0.15) is 0 Å². The summed E-state index contributed by atoms with van der Waals surface area (Å²) in [5, 5.41) is 5.41. The molecule has 0 radical (unpaired) electrons. The van der Waals surface area contributed by atoms with E-state index in [2.05, 4.69) is 10.6 Å². The van der Waals surface area contributed by atoms with E-state index >= 15 is 0 Å². The van der Waals surface area contributed by atoms with Crippen molar-refractivity contribution in [2.75, 3.05) is 13.2 Å². The number of nitrogens with one attached hydrogen (secondary N) is 2. The van der Waals surface area contributed by atoms with Crippen molar-refractivity contribution >= 4 is 12.0 Å². The molecule has 0 bridgehead atoms. The molecule has 2 amide bonds. The molecule has 1 unspecified atom stereocenters. The Bertz CT molecular complexity index is 1050. The van der Waals surface area contributed by atoms with Gasteiger partial charge in [-0.25, -0.2) is 14.0 Å². The first-order valence-electron chi connectivity index (χ1n) is 10.9. The first-order valence-corrected chi connectivity index (χ1v) is 10.9. The number of halogens is 1. The fourth-order valence-corrected chi connectivity index (χ4v) is 3.40. The third-order valence-corrected chi connectivity index (χ3v) is 4.98. The number of ether oxygens (including phenoxy) is 3. The maximum Gasteiger partial charge on any atom is 0.338 e. The average Bonchev–Trinajstić information content (AvgIpc) is 2.77. The molecule has 0 saturated carbocycles. The van der Waals surface area contributed by atoms with Crippen LogP contribution in [0.2, 0.25) is 0 Å². The molecule has 1 heterocycles. The molecular formula is C25H29FN2O5. The Morgan fingerprint density at radius 1 is 1.12 bits per heavy atom. The molecule has 0 spiro atoms. The minimum Gasteiger partial charge on any atom is -0.490 e. The Balaban J connectivity index is 1.89. The highest BCUT2D eigenvalue weighted by Crippen LogP contribution is 2.35. The van der Waals surface area contributed by atoms with Gasteiger partial charge in [-0.05, 0) is 43.5 Å². The van der Waals surface area contributed by atoms with E-state index < -0.39 is 18.0 Å². The Hall–Kier alpha value is -3.55. The Morgan fingerprint density at radius 2 is 1.88 bits per heavy atom. The highest BCUT2D eigenvalue weighted by Gasteiger charge is 2.33. The minimum atomic E-state index is -0.724. The van der Waals surface area contributed by atoms with Gasteiger partial charge in [-0.3, -0.25) is 0 Å². The Labute approximate surface area is 192 Å². The van der Waals surface area contributed by atoms with Crippen LogP contribution in [0.4, 0.5) is 9.18 Å². The van der Waals surface area contributed by atoms with Crippen molar-refractivity contribution in [2.24, 2.45) is 5.92 Å². The maximum absolute atomic E-state index is 13.9. The molecule has 8 heteroatoms. The predicted molar refractivity (Wildman–Crippen MR) is 121 cm³/mol. The van der Waals surface area contributed by atoms with E-state index in [1.165, 1.54) is 6.07 Å². The fraction of sp³-hybridized carbons (Fsp3) is 0.360. The molecule has 2 N–H and O–H groups in total. The normalized spacial score (nSPS) is 15.7. The van der Waals surface area contributed by atoms with Crippen molar-refractivity contribution < 1.29 is 28.2 Å². The molecule has 0 aromatic heterocycles. The second-order valence-corrected chi connectivity index (χ2v) is 8.08. The van der Waals surface area contributed by atoms with E-state index in [9.17, 15) is 14.0 Å². The van der Waals surface area contributed by atoms with Gasteiger partial charge < -0.3 is 24.8 Å². The molecule has 0 saturated heterocycles. The molecule has 1 atom stereocenters. The summed E-state index contributed by atoms with van der Waals surface area (Å²) in [6, 6.07) is 10.4. The van der Waals surface area contributed by atoms with Gasteiger partial charge in [0.1, 0.15) is 12.4 Å². The Kier molecular flexibility index (Phi) is 7.92. The number of hydrogen-bond acceptors (Lipinski definition) is 5. The number of allylic oxidation sites excluding steroid dienone is 1. The zero-order chi connectivity index (χ0) is 24.0. The highest BCUT2D eigenvalue weighted by atomic mass is 19.1. The standard InChI is InChI=1S/C25H29FN2O5/c1-5-31-21-12-17(10-11-20(21)32-14-18-8-6-7-9-19(18)26)23-22(16(4)27-25(30)28-23)24(29)33-13-15(2)3/h6-12,15,23H,5,13-14H2,1-4H3,(H2,27,28,30). The van der Waals surface area contributed by atoms with Gasteiger partial charge in [-0.15, -0.1) is 0 Å². The van der Waals surface area contributed by atoms with Crippen LogP contribution in [0.1, 0.15) is 44.9 Å². The van der Waals surface area contributed by atoms with Crippen LogP contribution in [0.3, 0.4) is 0 Å². The summed E-state index contributed by atoms with van der Waals surface area (Å²) in [6.45, 7) is 8.05. The summed E-state index contributed by atoms with van der Waals surface area (Å²) >= 11 is 0. The van der Waals surface area contributed by atoms with Crippen LogP contribution in [-0.4, -0.2) is 25.2 Å². The average molecular weight is 457 g/mol. The first kappa shape index (κ1) is 24.1. The van der Waals surface area contributed by atoms with Crippen molar-refractivity contribution in [3.63, 3.8) is 0 Å². The van der Waals surface area contributed by atoms with Gasteiger partial charge in [0.2, 0.25) is 0 Å². The van der Waals surface area contributed by atoms with Gasteiger partial charge in [0.15, 0.2) is 11.5 Å². The smallest absolute Gasteiger partial charge is 0.338 e. The van der Waals surface area contributed by atoms with E-state index in [1.807, 2.05) is 20.8 Å². The van der Waals surface area contributed by atoms with E-state index in [1.54, 1.807) is 43.3 Å². The van der Waals surface area contributed by atoms with Crippen molar-refractivity contribution in [1.82, 2.24) is 10.6 Å². The SMILES string of the molecule is CCOc1cc(C2NC(=O)NC(C)=C2C(=O)OCC(C)C)ccc1OCc1ccccc1F. The molecule has 7 nitrogen and oxygen atoms in total. The maximum atomic E-state index is 13.9. The molecule has 0 fully saturated rings. The lowest BCUT2D eigenvalue weighted by Gasteiger charge is -2.28. The number of rotatable bonds is 9. The zero-order valence-corrected chi connectivity index (χ0v) is 19.2. The number of amides is 2. The van der Waals surface area contributed by atoms with Crippen molar-refractivity contribution in [2.45, 2.75) is 40.3 Å². The number of carbonyl (C=O) groups excluding carboxylic acids is 2. The summed E-state index contributed by atoms with van der Waals surface area (Å²) < 4.78 is 30.9. The van der Waals surface area contributed by atoms with Crippen molar-refractivity contribution in [3.8, 4) is 11.5 Å². The molecule has 33 heavy (non-hydrogen) atoms. The molecule has 1 aliphatic heterocycles. The lowest BCUT2D eigenvalue weighted by Crippen LogP contribution is -2.45. The number of urea groups is 1. The van der Waals surface area contributed by atoms with Gasteiger partial charge in [0, 0.05) is 11.3 Å². The lowest BCUT2D eigenvalue weighted by molar-refractivity contribution is -0.140. The van der Waals surface area contributed by atoms with E-state index in [4.69, 9.17) is 14.2 Å². The lowest BCUT2D eigenvalue weighted by atomic mass is 9.95. The van der Waals surface area contributed by atoms with Gasteiger partial charge in [0.25, 0.3) is 0 Å². The zero-order valence-electron chi connectivity index (χ0n) is 19.2. The predicted octanol–water partition coefficient (Wildman–Crippen LogP) is 4.63. The molecule has 0 aliphatic carbocycles. The van der Waals surface area contributed by atoms with E-state index in [-0.39, 0.29) is 24.9 Å². The number of carbonyl (C=O) groups is 2. The summed E-state index contributed by atoms with van der Waals surface area (Å²) in [4.78, 5) is 25.0. The largest absolute Gasteiger partial charge is 0.490 e. The number of benzene rings is 2. The first-order chi connectivity index (χ1) is 15.8. The summed E-state index contributed by atoms with van der Waals surface area (Å²) in [5.74, 6) is 0.168. The molecule has 2 aromatic rings. The van der Waals surface area contributed by atoms with Crippen LogP contribution in [0.5, 0.6) is 11.5 Å². The molecule has 3 rings (SSSR count). The van der Waals surface area contributed by atoms with Crippen LogP contribution in [-0.2, 0) is 16.1 Å². The van der Waals surface area contributed by atoms with Gasteiger partial charge >= 0.3 is 12.0 Å². The van der Waals surface area contributed by atoms with Gasteiger partial charge in [-0.1, -0.05) is 38.1 Å². The highest BCUT2D eigenvalue weighted by molar-refractivity contribution is 5.95. The van der Waals surface area contributed by atoms with Gasteiger partial charge in [0.05, 0.1) is 24.8 Å². The molecule has 2 aromatic carbocycles. The third kappa shape index (κ3) is 6.03. The summed E-state index contributed by atoms with van der Waals surface area (Å²) in [7, 11) is 0. The van der Waals surface area contributed by atoms with Crippen LogP contribution < -0.4 is 20.1 Å². The second-order valence-electron chi connectivity index (χ2n) is 8.08. The van der Waals surface area contributed by atoms with Crippen LogP contribution in [0.25, 0.3) is 0 Å². The quantitative estimate of drug-likeness (QED) is 0.538. The van der Waals surface area contributed by atoms with Crippen molar-refractivity contribution in [1.29, 1.82) is 0 Å². The monoisotopic (exact) mass is 456 g/mol. The topological polar surface area (TPSA) is 85.9 Å². The van der Waals surface area contributed by atoms with E-state index in [0.29, 0.717) is 40.5 Å². The molecular weight excluding hydrogens is 427 g/mol. The van der Waals surface area contributed by atoms with Crippen LogP contribution >= 0.6 is 0 Å². The third-order valence-electron chi connectivity index (χ3n) is 4.98. The number of hydrogen-bond donors (Lipinski definition) is 2.